The Balaban J connectivity index is 2.01. The number of carbonyl (C=O) groups excluding carboxylic acids is 1. The zero-order valence-corrected chi connectivity index (χ0v) is 9.59. The summed E-state index contributed by atoms with van der Waals surface area (Å²) < 4.78 is 0. The second-order valence-electron chi connectivity index (χ2n) is 4.05. The van der Waals surface area contributed by atoms with E-state index >= 15 is 0 Å². The Kier molecular flexibility index (Phi) is 3.07. The Morgan fingerprint density at radius 1 is 1.67 bits per heavy atom. The van der Waals surface area contributed by atoms with Crippen LogP contribution in [0.15, 0.2) is 11.4 Å². The average molecular weight is 225 g/mol. The summed E-state index contributed by atoms with van der Waals surface area (Å²) in [5.74, 6) is 0.305. The van der Waals surface area contributed by atoms with Gasteiger partial charge in [0, 0.05) is 30.4 Å². The minimum atomic E-state index is 0.117. The highest BCUT2D eigenvalue weighted by Crippen LogP contribution is 2.23. The third-order valence-corrected chi connectivity index (χ3v) is 3.86. The van der Waals surface area contributed by atoms with E-state index in [0.717, 1.165) is 0 Å². The molecule has 15 heavy (non-hydrogen) atoms. The largest absolute Gasteiger partial charge is 0.396 e. The predicted molar refractivity (Wildman–Crippen MR) is 59.7 cm³/mol. The van der Waals surface area contributed by atoms with Crippen LogP contribution >= 0.6 is 11.3 Å². The van der Waals surface area contributed by atoms with Gasteiger partial charge in [-0.1, -0.05) is 0 Å². The molecule has 1 atom stereocenters. The molecule has 1 fully saturated rings. The molecule has 0 aliphatic carbocycles. The molecule has 0 radical (unpaired) electrons. The molecule has 1 aliphatic rings. The molecule has 82 valence electrons. The molecule has 1 N–H and O–H groups in total. The molecule has 1 aromatic heterocycles. The molecule has 1 aliphatic heterocycles. The molecule has 3 nitrogen and oxygen atoms in total. The van der Waals surface area contributed by atoms with E-state index in [1.165, 1.54) is 10.4 Å². The lowest BCUT2D eigenvalue weighted by Crippen LogP contribution is -2.24. The summed E-state index contributed by atoms with van der Waals surface area (Å²) in [4.78, 5) is 14.7. The fourth-order valence-electron chi connectivity index (χ4n) is 1.87. The molecule has 0 spiro atoms. The van der Waals surface area contributed by atoms with Crippen molar-refractivity contribution in [2.45, 2.75) is 19.9 Å². The number of rotatable bonds is 3. The molecule has 0 aromatic carbocycles. The normalized spacial score (nSPS) is 21.3. The first-order valence-corrected chi connectivity index (χ1v) is 6.00. The van der Waals surface area contributed by atoms with Gasteiger partial charge in [0.15, 0.2) is 0 Å². The summed E-state index contributed by atoms with van der Waals surface area (Å²) in [6.45, 7) is 3.59. The van der Waals surface area contributed by atoms with Crippen LogP contribution in [-0.2, 0) is 11.3 Å². The summed E-state index contributed by atoms with van der Waals surface area (Å²) in [6.07, 6.45) is 0.501. The molecule has 1 aromatic rings. The second-order valence-corrected chi connectivity index (χ2v) is 5.05. The fourth-order valence-corrected chi connectivity index (χ4v) is 2.79. The van der Waals surface area contributed by atoms with Gasteiger partial charge >= 0.3 is 0 Å². The van der Waals surface area contributed by atoms with Crippen molar-refractivity contribution in [2.75, 3.05) is 13.2 Å². The fraction of sp³-hybridized carbons (Fsp3) is 0.545. The van der Waals surface area contributed by atoms with E-state index in [0.29, 0.717) is 19.5 Å². The number of amides is 1. The van der Waals surface area contributed by atoms with Gasteiger partial charge < -0.3 is 10.0 Å². The van der Waals surface area contributed by atoms with Gasteiger partial charge in [-0.15, -0.1) is 11.3 Å². The smallest absolute Gasteiger partial charge is 0.223 e. The van der Waals surface area contributed by atoms with E-state index in [2.05, 4.69) is 18.4 Å². The van der Waals surface area contributed by atoms with Crippen molar-refractivity contribution in [2.24, 2.45) is 5.92 Å². The lowest BCUT2D eigenvalue weighted by molar-refractivity contribution is -0.128. The van der Waals surface area contributed by atoms with Crippen molar-refractivity contribution in [3.63, 3.8) is 0 Å². The van der Waals surface area contributed by atoms with Gasteiger partial charge in [0.25, 0.3) is 0 Å². The summed E-state index contributed by atoms with van der Waals surface area (Å²) >= 11 is 1.69. The molecular weight excluding hydrogens is 210 g/mol. The van der Waals surface area contributed by atoms with E-state index in [1.807, 2.05) is 4.90 Å². The lowest BCUT2D eigenvalue weighted by Gasteiger charge is -2.15. The van der Waals surface area contributed by atoms with Crippen LogP contribution in [0.2, 0.25) is 0 Å². The molecule has 0 saturated carbocycles. The Hall–Kier alpha value is -0.870. The van der Waals surface area contributed by atoms with Crippen LogP contribution in [-0.4, -0.2) is 29.1 Å². The number of thiophene rings is 1. The van der Waals surface area contributed by atoms with Gasteiger partial charge in [0.2, 0.25) is 5.91 Å². The number of hydrogen-bond acceptors (Lipinski definition) is 3. The molecule has 2 heterocycles. The Morgan fingerprint density at radius 3 is 3.00 bits per heavy atom. The quantitative estimate of drug-likeness (QED) is 0.844. The molecule has 1 saturated heterocycles. The monoisotopic (exact) mass is 225 g/mol. The van der Waals surface area contributed by atoms with E-state index in [-0.39, 0.29) is 18.4 Å². The van der Waals surface area contributed by atoms with Crippen LogP contribution in [0.25, 0.3) is 0 Å². The van der Waals surface area contributed by atoms with Crippen molar-refractivity contribution in [3.8, 4) is 0 Å². The standard InChI is InChI=1S/C11H15NO2S/c1-8-2-3-15-10(8)6-12-5-9(7-13)4-11(12)14/h2-3,9,13H,4-7H2,1H3. The Labute approximate surface area is 93.3 Å². The van der Waals surface area contributed by atoms with Crippen molar-refractivity contribution >= 4 is 17.2 Å². The minimum absolute atomic E-state index is 0.117. The van der Waals surface area contributed by atoms with Gasteiger partial charge in [-0.2, -0.15) is 0 Å². The van der Waals surface area contributed by atoms with Crippen molar-refractivity contribution in [1.82, 2.24) is 4.90 Å². The van der Waals surface area contributed by atoms with Crippen LogP contribution in [0.1, 0.15) is 16.9 Å². The molecule has 1 amide bonds. The first-order valence-electron chi connectivity index (χ1n) is 5.12. The van der Waals surface area contributed by atoms with E-state index in [1.54, 1.807) is 11.3 Å². The molecular formula is C11H15NO2S. The first kappa shape index (κ1) is 10.6. The van der Waals surface area contributed by atoms with Gasteiger partial charge in [-0.3, -0.25) is 4.79 Å². The maximum atomic E-state index is 11.6. The predicted octanol–water partition coefficient (Wildman–Crippen LogP) is 1.40. The number of carbonyl (C=O) groups is 1. The van der Waals surface area contributed by atoms with Crippen LogP contribution in [0, 0.1) is 12.8 Å². The van der Waals surface area contributed by atoms with Gasteiger partial charge in [0.05, 0.1) is 6.54 Å². The van der Waals surface area contributed by atoms with Crippen molar-refractivity contribution in [3.05, 3.63) is 21.9 Å². The van der Waals surface area contributed by atoms with E-state index < -0.39 is 0 Å². The van der Waals surface area contributed by atoms with Crippen molar-refractivity contribution in [1.29, 1.82) is 0 Å². The molecule has 0 bridgehead atoms. The number of aryl methyl sites for hydroxylation is 1. The maximum absolute atomic E-state index is 11.6. The molecule has 1 unspecified atom stereocenters. The van der Waals surface area contributed by atoms with Crippen LogP contribution in [0.5, 0.6) is 0 Å². The number of likely N-dealkylation sites (tertiary alicyclic amines) is 1. The van der Waals surface area contributed by atoms with E-state index in [9.17, 15) is 4.79 Å². The Morgan fingerprint density at radius 2 is 2.47 bits per heavy atom. The zero-order chi connectivity index (χ0) is 10.8. The third kappa shape index (κ3) is 2.21. The number of aliphatic hydroxyl groups is 1. The van der Waals surface area contributed by atoms with Crippen LogP contribution in [0.3, 0.4) is 0 Å². The van der Waals surface area contributed by atoms with Crippen molar-refractivity contribution < 1.29 is 9.90 Å². The van der Waals surface area contributed by atoms with Crippen LogP contribution < -0.4 is 0 Å². The number of nitrogens with zero attached hydrogens (tertiary/aromatic N) is 1. The van der Waals surface area contributed by atoms with Gasteiger partial charge in [0.1, 0.15) is 0 Å². The SMILES string of the molecule is Cc1ccsc1CN1CC(CO)CC1=O. The second kappa shape index (κ2) is 4.33. The summed E-state index contributed by atoms with van der Waals surface area (Å²) in [7, 11) is 0. The lowest BCUT2D eigenvalue weighted by atomic mass is 10.1. The maximum Gasteiger partial charge on any atom is 0.223 e. The highest BCUT2D eigenvalue weighted by molar-refractivity contribution is 7.10. The average Bonchev–Trinajstić information content (AvgIpc) is 2.76. The van der Waals surface area contributed by atoms with Gasteiger partial charge in [-0.25, -0.2) is 0 Å². The number of aliphatic hydroxyl groups excluding tert-OH is 1. The highest BCUT2D eigenvalue weighted by Gasteiger charge is 2.29. The summed E-state index contributed by atoms with van der Waals surface area (Å²) in [5, 5.41) is 11.1. The van der Waals surface area contributed by atoms with E-state index in [4.69, 9.17) is 5.11 Å². The third-order valence-electron chi connectivity index (χ3n) is 2.86. The minimum Gasteiger partial charge on any atom is -0.396 e. The molecule has 4 heteroatoms. The zero-order valence-electron chi connectivity index (χ0n) is 8.77. The number of hydrogen-bond donors (Lipinski definition) is 1. The highest BCUT2D eigenvalue weighted by atomic mass is 32.1. The van der Waals surface area contributed by atoms with Crippen LogP contribution in [0.4, 0.5) is 0 Å². The summed E-state index contributed by atoms with van der Waals surface area (Å²) in [5.41, 5.74) is 1.25. The van der Waals surface area contributed by atoms with Gasteiger partial charge in [-0.05, 0) is 23.9 Å². The Bertz CT molecular complexity index is 361. The summed E-state index contributed by atoms with van der Waals surface area (Å²) in [6, 6.07) is 2.07. The molecule has 2 rings (SSSR count). The topological polar surface area (TPSA) is 40.5 Å². The first-order chi connectivity index (χ1) is 7.20.